The highest BCUT2D eigenvalue weighted by atomic mass is 16.1. The third-order valence-electron chi connectivity index (χ3n) is 4.81. The predicted octanol–water partition coefficient (Wildman–Crippen LogP) is 2.74. The first-order chi connectivity index (χ1) is 11.9. The first-order valence-corrected chi connectivity index (χ1v) is 10.2. The van der Waals surface area contributed by atoms with Gasteiger partial charge < -0.3 is 15.5 Å². The maximum atomic E-state index is 12.0. The lowest BCUT2D eigenvalue weighted by Crippen LogP contribution is -2.37. The fourth-order valence-corrected chi connectivity index (χ4v) is 3.20. The number of hydrogen-bond donors (Lipinski definition) is 2. The summed E-state index contributed by atoms with van der Waals surface area (Å²) in [5, 5.41) is 6.61. The lowest BCUT2D eigenvalue weighted by molar-refractivity contribution is -0.122. The third-order valence-corrected chi connectivity index (χ3v) is 4.81. The first-order valence-electron chi connectivity index (χ1n) is 10.2. The van der Waals surface area contributed by atoms with E-state index < -0.39 is 0 Å². The van der Waals surface area contributed by atoms with Gasteiger partial charge in [0.25, 0.3) is 0 Å². The molecule has 0 spiro atoms. The highest BCUT2D eigenvalue weighted by molar-refractivity contribution is 5.80. The Morgan fingerprint density at radius 1 is 1.04 bits per heavy atom. The van der Waals surface area contributed by atoms with E-state index in [1.54, 1.807) is 0 Å². The summed E-state index contributed by atoms with van der Waals surface area (Å²) in [6.07, 6.45) is 6.22. The lowest BCUT2D eigenvalue weighted by Gasteiger charge is -2.17. The van der Waals surface area contributed by atoms with Crippen molar-refractivity contribution in [3.63, 3.8) is 0 Å². The zero-order valence-electron chi connectivity index (χ0n) is 16.8. The van der Waals surface area contributed by atoms with Gasteiger partial charge in [0.05, 0.1) is 0 Å². The Balaban J connectivity index is 2.03. The summed E-state index contributed by atoms with van der Waals surface area (Å²) in [6.45, 7) is 12.5. The Morgan fingerprint density at radius 3 is 2.44 bits per heavy atom. The van der Waals surface area contributed by atoms with E-state index in [0.29, 0.717) is 30.7 Å². The summed E-state index contributed by atoms with van der Waals surface area (Å²) in [4.78, 5) is 26.0. The standard InChI is InChI=1S/C20H39N3O2/c1-16(2)19(24)9-6-5-7-10-20(25)22-18-11-14-23(15-18)13-8-12-21-17(3)4/h16-18,21H,5-15H2,1-4H3,(H,22,25). The Hall–Kier alpha value is -0.940. The molecule has 1 fully saturated rings. The topological polar surface area (TPSA) is 61.4 Å². The van der Waals surface area contributed by atoms with Crippen LogP contribution in [0.3, 0.4) is 0 Å². The van der Waals surface area contributed by atoms with Gasteiger partial charge in [-0.2, -0.15) is 0 Å². The maximum Gasteiger partial charge on any atom is 0.220 e. The van der Waals surface area contributed by atoms with Gasteiger partial charge >= 0.3 is 0 Å². The molecule has 1 aliphatic heterocycles. The van der Waals surface area contributed by atoms with Gasteiger partial charge in [-0.1, -0.05) is 34.1 Å². The van der Waals surface area contributed by atoms with Crippen molar-refractivity contribution in [2.45, 2.75) is 84.7 Å². The second-order valence-corrected chi connectivity index (χ2v) is 8.00. The van der Waals surface area contributed by atoms with Crippen LogP contribution in [0.15, 0.2) is 0 Å². The van der Waals surface area contributed by atoms with Crippen molar-refractivity contribution in [1.82, 2.24) is 15.5 Å². The molecule has 0 aliphatic carbocycles. The quantitative estimate of drug-likeness (QED) is 0.500. The maximum absolute atomic E-state index is 12.0. The summed E-state index contributed by atoms with van der Waals surface area (Å²) < 4.78 is 0. The first kappa shape index (κ1) is 22.1. The monoisotopic (exact) mass is 353 g/mol. The largest absolute Gasteiger partial charge is 0.352 e. The average Bonchev–Trinajstić information content (AvgIpc) is 2.98. The summed E-state index contributed by atoms with van der Waals surface area (Å²) >= 11 is 0. The van der Waals surface area contributed by atoms with Crippen molar-refractivity contribution in [3.8, 4) is 0 Å². The van der Waals surface area contributed by atoms with Crippen LogP contribution in [0.5, 0.6) is 0 Å². The van der Waals surface area contributed by atoms with Gasteiger partial charge in [0.15, 0.2) is 0 Å². The number of hydrogen-bond acceptors (Lipinski definition) is 4. The molecule has 0 aromatic rings. The summed E-state index contributed by atoms with van der Waals surface area (Å²) in [6, 6.07) is 0.863. The smallest absolute Gasteiger partial charge is 0.220 e. The van der Waals surface area contributed by atoms with Crippen LogP contribution in [0, 0.1) is 5.92 Å². The summed E-state index contributed by atoms with van der Waals surface area (Å²) in [5.41, 5.74) is 0. The Labute approximate surface area is 154 Å². The highest BCUT2D eigenvalue weighted by Crippen LogP contribution is 2.11. The second kappa shape index (κ2) is 12.4. The molecule has 0 aromatic heterocycles. The van der Waals surface area contributed by atoms with Crippen LogP contribution in [-0.2, 0) is 9.59 Å². The van der Waals surface area contributed by atoms with E-state index in [2.05, 4.69) is 29.4 Å². The third kappa shape index (κ3) is 10.6. The van der Waals surface area contributed by atoms with E-state index in [1.807, 2.05) is 13.8 Å². The molecule has 0 saturated carbocycles. The summed E-state index contributed by atoms with van der Waals surface area (Å²) in [7, 11) is 0. The molecular weight excluding hydrogens is 314 g/mol. The van der Waals surface area contributed by atoms with Crippen molar-refractivity contribution >= 4 is 11.7 Å². The van der Waals surface area contributed by atoms with E-state index in [0.717, 1.165) is 58.3 Å². The van der Waals surface area contributed by atoms with E-state index in [9.17, 15) is 9.59 Å². The SMILES string of the molecule is CC(C)NCCCN1CCC(NC(=O)CCCCCC(=O)C(C)C)C1. The minimum atomic E-state index is 0.134. The molecule has 1 rings (SSSR count). The minimum Gasteiger partial charge on any atom is -0.352 e. The number of likely N-dealkylation sites (tertiary alicyclic amines) is 1. The molecule has 2 N–H and O–H groups in total. The van der Waals surface area contributed by atoms with Crippen LogP contribution in [0.4, 0.5) is 0 Å². The molecular formula is C20H39N3O2. The van der Waals surface area contributed by atoms with E-state index >= 15 is 0 Å². The molecule has 0 bridgehead atoms. The van der Waals surface area contributed by atoms with Crippen molar-refractivity contribution in [3.05, 3.63) is 0 Å². The van der Waals surface area contributed by atoms with Crippen LogP contribution in [0.1, 0.15) is 72.6 Å². The minimum absolute atomic E-state index is 0.134. The second-order valence-electron chi connectivity index (χ2n) is 8.00. The van der Waals surface area contributed by atoms with E-state index in [4.69, 9.17) is 0 Å². The van der Waals surface area contributed by atoms with Crippen molar-refractivity contribution in [2.24, 2.45) is 5.92 Å². The number of carbonyl (C=O) groups excluding carboxylic acids is 2. The molecule has 1 atom stereocenters. The predicted molar refractivity (Wildman–Crippen MR) is 104 cm³/mol. The van der Waals surface area contributed by atoms with Crippen molar-refractivity contribution in [2.75, 3.05) is 26.2 Å². The molecule has 5 heteroatoms. The Kier molecular flexibility index (Phi) is 11.0. The molecule has 25 heavy (non-hydrogen) atoms. The number of amides is 1. The van der Waals surface area contributed by atoms with Crippen LogP contribution < -0.4 is 10.6 Å². The van der Waals surface area contributed by atoms with Gasteiger partial charge in [-0.15, -0.1) is 0 Å². The van der Waals surface area contributed by atoms with Crippen LogP contribution in [0.25, 0.3) is 0 Å². The van der Waals surface area contributed by atoms with Gasteiger partial charge in [-0.05, 0) is 38.8 Å². The molecule has 0 radical (unpaired) electrons. The number of nitrogens with zero attached hydrogens (tertiary/aromatic N) is 1. The van der Waals surface area contributed by atoms with Gasteiger partial charge in [-0.25, -0.2) is 0 Å². The summed E-state index contributed by atoms with van der Waals surface area (Å²) in [5.74, 6) is 0.636. The van der Waals surface area contributed by atoms with Crippen LogP contribution >= 0.6 is 0 Å². The number of Topliss-reactive ketones (excluding diaryl/α,β-unsaturated/α-hetero) is 1. The van der Waals surface area contributed by atoms with Gasteiger partial charge in [-0.3, -0.25) is 9.59 Å². The number of rotatable bonds is 13. The fourth-order valence-electron chi connectivity index (χ4n) is 3.20. The highest BCUT2D eigenvalue weighted by Gasteiger charge is 2.23. The van der Waals surface area contributed by atoms with Crippen molar-refractivity contribution < 1.29 is 9.59 Å². The molecule has 1 aliphatic rings. The zero-order valence-corrected chi connectivity index (χ0v) is 16.8. The average molecular weight is 354 g/mol. The molecule has 1 unspecified atom stereocenters. The number of ketones is 1. The van der Waals surface area contributed by atoms with Crippen LogP contribution in [-0.4, -0.2) is 54.9 Å². The molecule has 146 valence electrons. The zero-order chi connectivity index (χ0) is 18.7. The molecule has 1 saturated heterocycles. The number of unbranched alkanes of at least 4 members (excludes halogenated alkanes) is 2. The molecule has 0 aromatic carbocycles. The van der Waals surface area contributed by atoms with E-state index in [-0.39, 0.29) is 11.8 Å². The number of nitrogens with one attached hydrogen (secondary N) is 2. The van der Waals surface area contributed by atoms with Crippen LogP contribution in [0.2, 0.25) is 0 Å². The molecule has 1 heterocycles. The lowest BCUT2D eigenvalue weighted by atomic mass is 10.0. The Morgan fingerprint density at radius 2 is 1.76 bits per heavy atom. The molecule has 1 amide bonds. The normalized spacial score (nSPS) is 18.2. The number of carbonyl (C=O) groups is 2. The van der Waals surface area contributed by atoms with Crippen molar-refractivity contribution in [1.29, 1.82) is 0 Å². The van der Waals surface area contributed by atoms with E-state index in [1.165, 1.54) is 0 Å². The van der Waals surface area contributed by atoms with Gasteiger partial charge in [0.1, 0.15) is 5.78 Å². The van der Waals surface area contributed by atoms with Gasteiger partial charge in [0.2, 0.25) is 5.91 Å². The Bertz CT molecular complexity index is 396. The van der Waals surface area contributed by atoms with Gasteiger partial charge in [0, 0.05) is 43.9 Å². The fraction of sp³-hybridized carbons (Fsp3) is 0.900. The molecule has 5 nitrogen and oxygen atoms in total.